The van der Waals surface area contributed by atoms with Crippen molar-refractivity contribution in [3.63, 3.8) is 0 Å². The molecule has 1 unspecified atom stereocenters. The molecule has 1 atom stereocenters. The maximum Gasteiger partial charge on any atom is 0.311 e. The molecule has 0 N–H and O–H groups in total. The van der Waals surface area contributed by atoms with Gasteiger partial charge >= 0.3 is 5.97 Å². The van der Waals surface area contributed by atoms with Gasteiger partial charge in [-0.2, -0.15) is 0 Å². The van der Waals surface area contributed by atoms with Crippen LogP contribution in [0.25, 0.3) is 0 Å². The Morgan fingerprint density at radius 3 is 2.62 bits per heavy atom. The van der Waals surface area contributed by atoms with Gasteiger partial charge in [-0.3, -0.25) is 14.4 Å². The second kappa shape index (κ2) is 6.47. The SMILES string of the molecule is CCOC(=O)C1CC(=O)CN(C(=O)c2ccc(F)cc2)C1. The van der Waals surface area contributed by atoms with Crippen molar-refractivity contribution in [1.29, 1.82) is 0 Å². The van der Waals surface area contributed by atoms with Crippen molar-refractivity contribution in [1.82, 2.24) is 4.90 Å². The molecule has 1 aromatic carbocycles. The van der Waals surface area contributed by atoms with Gasteiger partial charge in [-0.05, 0) is 31.2 Å². The molecule has 21 heavy (non-hydrogen) atoms. The summed E-state index contributed by atoms with van der Waals surface area (Å²) in [7, 11) is 0. The van der Waals surface area contributed by atoms with Gasteiger partial charge < -0.3 is 9.64 Å². The number of ketones is 1. The van der Waals surface area contributed by atoms with E-state index in [-0.39, 0.29) is 37.5 Å². The van der Waals surface area contributed by atoms with Crippen LogP contribution < -0.4 is 0 Å². The Kier molecular flexibility index (Phi) is 4.67. The molecule has 0 saturated carbocycles. The molecule has 1 aliphatic rings. The zero-order valence-corrected chi connectivity index (χ0v) is 11.7. The van der Waals surface area contributed by atoms with E-state index >= 15 is 0 Å². The van der Waals surface area contributed by atoms with Gasteiger partial charge in [-0.25, -0.2) is 4.39 Å². The number of benzene rings is 1. The number of amides is 1. The molecule has 1 amide bonds. The highest BCUT2D eigenvalue weighted by molar-refractivity contribution is 5.98. The summed E-state index contributed by atoms with van der Waals surface area (Å²) in [5.74, 6) is -2.11. The minimum Gasteiger partial charge on any atom is -0.466 e. The van der Waals surface area contributed by atoms with Gasteiger partial charge in [0.2, 0.25) is 0 Å². The highest BCUT2D eigenvalue weighted by Crippen LogP contribution is 2.18. The van der Waals surface area contributed by atoms with E-state index in [9.17, 15) is 18.8 Å². The lowest BCUT2D eigenvalue weighted by Crippen LogP contribution is -2.46. The molecule has 1 aliphatic heterocycles. The highest BCUT2D eigenvalue weighted by atomic mass is 19.1. The van der Waals surface area contributed by atoms with Gasteiger partial charge in [0.15, 0.2) is 5.78 Å². The quantitative estimate of drug-likeness (QED) is 0.791. The molecule has 0 radical (unpaired) electrons. The first-order valence-corrected chi connectivity index (χ1v) is 6.74. The summed E-state index contributed by atoms with van der Waals surface area (Å²) in [5.41, 5.74) is 0.286. The first-order chi connectivity index (χ1) is 10.0. The number of hydrogen-bond acceptors (Lipinski definition) is 4. The standard InChI is InChI=1S/C15H16FNO4/c1-2-21-15(20)11-7-13(18)9-17(8-11)14(19)10-3-5-12(16)6-4-10/h3-6,11H,2,7-9H2,1H3. The lowest BCUT2D eigenvalue weighted by Gasteiger charge is -2.30. The maximum absolute atomic E-state index is 12.9. The lowest BCUT2D eigenvalue weighted by atomic mass is 9.96. The van der Waals surface area contributed by atoms with Crippen LogP contribution in [0.2, 0.25) is 0 Å². The van der Waals surface area contributed by atoms with Gasteiger partial charge in [0.25, 0.3) is 5.91 Å². The predicted octanol–water partition coefficient (Wildman–Crippen LogP) is 1.42. The molecule has 6 heteroatoms. The van der Waals surface area contributed by atoms with Crippen molar-refractivity contribution in [2.24, 2.45) is 5.92 Å². The van der Waals surface area contributed by atoms with E-state index in [0.717, 1.165) is 0 Å². The Balaban J connectivity index is 2.11. The van der Waals surface area contributed by atoms with Crippen LogP contribution in [0.5, 0.6) is 0 Å². The number of piperidine rings is 1. The number of hydrogen-bond donors (Lipinski definition) is 0. The van der Waals surface area contributed by atoms with Crippen LogP contribution in [0, 0.1) is 11.7 Å². The number of carbonyl (C=O) groups excluding carboxylic acids is 3. The van der Waals surface area contributed by atoms with E-state index in [1.807, 2.05) is 0 Å². The first kappa shape index (κ1) is 15.2. The molecular formula is C15H16FNO4. The van der Waals surface area contributed by atoms with Crippen molar-refractivity contribution in [3.05, 3.63) is 35.6 Å². The largest absolute Gasteiger partial charge is 0.466 e. The van der Waals surface area contributed by atoms with Crippen LogP contribution >= 0.6 is 0 Å². The molecule has 2 rings (SSSR count). The second-order valence-corrected chi connectivity index (χ2v) is 4.88. The minimum absolute atomic E-state index is 0.0356. The molecule has 1 saturated heterocycles. The smallest absolute Gasteiger partial charge is 0.311 e. The van der Waals surface area contributed by atoms with Gasteiger partial charge in [0, 0.05) is 18.5 Å². The maximum atomic E-state index is 12.9. The molecule has 0 aromatic heterocycles. The number of likely N-dealkylation sites (tertiary alicyclic amines) is 1. The van der Waals surface area contributed by atoms with Crippen molar-refractivity contribution < 1.29 is 23.5 Å². The van der Waals surface area contributed by atoms with Crippen molar-refractivity contribution in [3.8, 4) is 0 Å². The van der Waals surface area contributed by atoms with E-state index in [1.54, 1.807) is 6.92 Å². The third-order valence-electron chi connectivity index (χ3n) is 3.28. The molecule has 5 nitrogen and oxygen atoms in total. The Hall–Kier alpha value is -2.24. The first-order valence-electron chi connectivity index (χ1n) is 6.74. The van der Waals surface area contributed by atoms with Gasteiger partial charge in [-0.1, -0.05) is 0 Å². The Morgan fingerprint density at radius 2 is 2.00 bits per heavy atom. The van der Waals surface area contributed by atoms with Gasteiger partial charge in [0.05, 0.1) is 19.1 Å². The third kappa shape index (κ3) is 3.65. The van der Waals surface area contributed by atoms with E-state index in [1.165, 1.54) is 29.2 Å². The average Bonchev–Trinajstić information content (AvgIpc) is 2.47. The summed E-state index contributed by atoms with van der Waals surface area (Å²) in [6, 6.07) is 5.08. The van der Waals surface area contributed by atoms with E-state index in [0.29, 0.717) is 0 Å². The number of ether oxygens (including phenoxy) is 1. The van der Waals surface area contributed by atoms with Crippen molar-refractivity contribution in [2.45, 2.75) is 13.3 Å². The van der Waals surface area contributed by atoms with Crippen LogP contribution in [0.1, 0.15) is 23.7 Å². The van der Waals surface area contributed by atoms with Crippen LogP contribution in [0.15, 0.2) is 24.3 Å². The average molecular weight is 293 g/mol. The summed E-state index contributed by atoms with van der Waals surface area (Å²) in [6.45, 7) is 2.02. The van der Waals surface area contributed by atoms with Gasteiger partial charge in [0.1, 0.15) is 5.82 Å². The van der Waals surface area contributed by atoms with Crippen LogP contribution in [0.3, 0.4) is 0 Å². The summed E-state index contributed by atoms with van der Waals surface area (Å²) in [5, 5.41) is 0. The monoisotopic (exact) mass is 293 g/mol. The summed E-state index contributed by atoms with van der Waals surface area (Å²) >= 11 is 0. The number of halogens is 1. The highest BCUT2D eigenvalue weighted by Gasteiger charge is 2.33. The number of esters is 1. The Bertz CT molecular complexity index is 555. The molecule has 0 aliphatic carbocycles. The topological polar surface area (TPSA) is 63.7 Å². The van der Waals surface area contributed by atoms with Crippen LogP contribution in [0.4, 0.5) is 4.39 Å². The number of Topliss-reactive ketones (excluding diaryl/α,β-unsaturated/α-hetero) is 1. The summed E-state index contributed by atoms with van der Waals surface area (Å²) in [4.78, 5) is 37.0. The normalized spacial score (nSPS) is 18.5. The molecule has 1 heterocycles. The lowest BCUT2D eigenvalue weighted by molar-refractivity contribution is -0.151. The van der Waals surface area contributed by atoms with E-state index in [2.05, 4.69) is 0 Å². The Morgan fingerprint density at radius 1 is 1.33 bits per heavy atom. The van der Waals surface area contributed by atoms with Gasteiger partial charge in [-0.15, -0.1) is 0 Å². The van der Waals surface area contributed by atoms with Crippen LogP contribution in [-0.2, 0) is 14.3 Å². The second-order valence-electron chi connectivity index (χ2n) is 4.88. The number of nitrogens with zero attached hydrogens (tertiary/aromatic N) is 1. The zero-order valence-electron chi connectivity index (χ0n) is 11.7. The molecule has 1 aromatic rings. The molecule has 112 valence electrons. The van der Waals surface area contributed by atoms with Crippen LogP contribution in [-0.4, -0.2) is 42.3 Å². The Labute approximate surface area is 121 Å². The fourth-order valence-corrected chi connectivity index (χ4v) is 2.30. The minimum atomic E-state index is -0.629. The molecule has 1 fully saturated rings. The molecule has 0 spiro atoms. The summed E-state index contributed by atoms with van der Waals surface area (Å²) < 4.78 is 17.8. The van der Waals surface area contributed by atoms with E-state index in [4.69, 9.17) is 4.74 Å². The predicted molar refractivity (Wildman–Crippen MR) is 72.1 cm³/mol. The fraction of sp³-hybridized carbons (Fsp3) is 0.400. The molecular weight excluding hydrogens is 277 g/mol. The summed E-state index contributed by atoms with van der Waals surface area (Å²) in [6.07, 6.45) is 0.0893. The van der Waals surface area contributed by atoms with Crippen molar-refractivity contribution >= 4 is 17.7 Å². The zero-order chi connectivity index (χ0) is 15.4. The van der Waals surface area contributed by atoms with E-state index < -0.39 is 23.6 Å². The number of carbonyl (C=O) groups is 3. The fourth-order valence-electron chi connectivity index (χ4n) is 2.30. The van der Waals surface area contributed by atoms with Crippen molar-refractivity contribution in [2.75, 3.05) is 19.7 Å². The third-order valence-corrected chi connectivity index (χ3v) is 3.28. The molecule has 0 bridgehead atoms. The number of rotatable bonds is 3.